The molecule has 1 heterocycles. The number of nitrogens with zero attached hydrogens (tertiary/aromatic N) is 1. The summed E-state index contributed by atoms with van der Waals surface area (Å²) in [6.07, 6.45) is 2.39. The Bertz CT molecular complexity index is 508. The molecule has 2 aromatic rings. The summed E-state index contributed by atoms with van der Waals surface area (Å²) in [5, 5.41) is 0. The van der Waals surface area contributed by atoms with Gasteiger partial charge in [-0.2, -0.15) is 0 Å². The van der Waals surface area contributed by atoms with Crippen molar-refractivity contribution >= 4 is 5.91 Å². The molecule has 5 nitrogen and oxygen atoms in total. The largest absolute Gasteiger partial charge is 0.441 e. The van der Waals surface area contributed by atoms with Gasteiger partial charge in [0.15, 0.2) is 11.7 Å². The Hall–Kier alpha value is -2.14. The highest BCUT2D eigenvalue weighted by molar-refractivity contribution is 5.74. The van der Waals surface area contributed by atoms with Gasteiger partial charge in [-0.25, -0.2) is 10.5 Å². The van der Waals surface area contributed by atoms with Gasteiger partial charge in [0.1, 0.15) is 0 Å². The maximum atomic E-state index is 11.2. The lowest BCUT2D eigenvalue weighted by Gasteiger charge is -1.99. The molecule has 0 unspecified atom stereocenters. The summed E-state index contributed by atoms with van der Waals surface area (Å²) in [5.41, 5.74) is 3.22. The van der Waals surface area contributed by atoms with Gasteiger partial charge < -0.3 is 4.42 Å². The quantitative estimate of drug-likeness (QED) is 0.819. The van der Waals surface area contributed by atoms with Crippen molar-refractivity contribution < 1.29 is 14.0 Å². The van der Waals surface area contributed by atoms with Crippen LogP contribution in [-0.2, 0) is 16.1 Å². The minimum absolute atomic E-state index is 0.197. The fourth-order valence-corrected chi connectivity index (χ4v) is 1.55. The summed E-state index contributed by atoms with van der Waals surface area (Å²) in [6, 6.07) is 9.70. The molecule has 1 aromatic heterocycles. The third kappa shape index (κ3) is 3.18. The minimum Gasteiger partial charge on any atom is -0.441 e. The smallest absolute Gasteiger partial charge is 0.244 e. The molecule has 1 aromatic carbocycles. The summed E-state index contributed by atoms with van der Waals surface area (Å²) in [5.74, 6) is 1.05. The molecular formula is C13H14N2O3. The number of hydroxylamine groups is 1. The molecule has 18 heavy (non-hydrogen) atoms. The second-order valence-electron chi connectivity index (χ2n) is 3.71. The Balaban J connectivity index is 1.97. The van der Waals surface area contributed by atoms with E-state index >= 15 is 0 Å². The standard InChI is InChI=1S/C13H14N2O3/c1-17-15-12(16)7-8-13-14-9-11(18-13)10-5-3-2-4-6-10/h2-6,9H,7-8H2,1H3,(H,15,16). The van der Waals surface area contributed by atoms with Gasteiger partial charge >= 0.3 is 0 Å². The average Bonchev–Trinajstić information content (AvgIpc) is 2.87. The van der Waals surface area contributed by atoms with Crippen LogP contribution in [0.4, 0.5) is 0 Å². The van der Waals surface area contributed by atoms with E-state index in [2.05, 4.69) is 15.3 Å². The van der Waals surface area contributed by atoms with E-state index in [-0.39, 0.29) is 12.3 Å². The van der Waals surface area contributed by atoms with Crippen molar-refractivity contribution in [2.45, 2.75) is 12.8 Å². The highest BCUT2D eigenvalue weighted by Gasteiger charge is 2.08. The zero-order chi connectivity index (χ0) is 12.8. The molecule has 2 rings (SSSR count). The van der Waals surface area contributed by atoms with Crippen LogP contribution in [0.25, 0.3) is 11.3 Å². The first-order chi connectivity index (χ1) is 8.79. The fourth-order valence-electron chi connectivity index (χ4n) is 1.55. The molecule has 1 N–H and O–H groups in total. The van der Waals surface area contributed by atoms with Crippen LogP contribution in [-0.4, -0.2) is 18.0 Å². The monoisotopic (exact) mass is 246 g/mol. The third-order valence-electron chi connectivity index (χ3n) is 2.39. The maximum Gasteiger partial charge on any atom is 0.244 e. The minimum atomic E-state index is -0.197. The predicted molar refractivity (Wildman–Crippen MR) is 65.4 cm³/mol. The van der Waals surface area contributed by atoms with Crippen molar-refractivity contribution in [3.05, 3.63) is 42.4 Å². The number of aromatic nitrogens is 1. The molecule has 0 aliphatic heterocycles. The Morgan fingerprint density at radius 2 is 2.17 bits per heavy atom. The van der Waals surface area contributed by atoms with Gasteiger partial charge in [-0.1, -0.05) is 30.3 Å². The summed E-state index contributed by atoms with van der Waals surface area (Å²) >= 11 is 0. The zero-order valence-corrected chi connectivity index (χ0v) is 10.1. The first-order valence-electron chi connectivity index (χ1n) is 5.61. The van der Waals surface area contributed by atoms with Crippen molar-refractivity contribution in [1.29, 1.82) is 0 Å². The van der Waals surface area contributed by atoms with E-state index in [9.17, 15) is 4.79 Å². The number of nitrogens with one attached hydrogen (secondary N) is 1. The summed E-state index contributed by atoms with van der Waals surface area (Å²) in [6.45, 7) is 0. The lowest BCUT2D eigenvalue weighted by Crippen LogP contribution is -2.21. The topological polar surface area (TPSA) is 64.4 Å². The van der Waals surface area contributed by atoms with Gasteiger partial charge in [-0.05, 0) is 0 Å². The van der Waals surface area contributed by atoms with Crippen LogP contribution in [0.15, 0.2) is 40.9 Å². The van der Waals surface area contributed by atoms with E-state index in [1.54, 1.807) is 6.20 Å². The molecule has 0 aliphatic rings. The van der Waals surface area contributed by atoms with Crippen LogP contribution in [0.2, 0.25) is 0 Å². The molecule has 0 atom stereocenters. The van der Waals surface area contributed by atoms with E-state index in [0.717, 1.165) is 5.56 Å². The zero-order valence-electron chi connectivity index (χ0n) is 10.1. The van der Waals surface area contributed by atoms with Crippen LogP contribution < -0.4 is 5.48 Å². The number of hydrogen-bond donors (Lipinski definition) is 1. The second-order valence-corrected chi connectivity index (χ2v) is 3.71. The van der Waals surface area contributed by atoms with Crippen molar-refractivity contribution in [2.75, 3.05) is 7.11 Å². The van der Waals surface area contributed by atoms with Gasteiger partial charge in [0.25, 0.3) is 0 Å². The van der Waals surface area contributed by atoms with Gasteiger partial charge in [-0.3, -0.25) is 9.63 Å². The molecule has 0 radical (unpaired) electrons. The van der Waals surface area contributed by atoms with Crippen LogP contribution >= 0.6 is 0 Å². The molecule has 0 spiro atoms. The Morgan fingerprint density at radius 1 is 1.39 bits per heavy atom. The lowest BCUT2D eigenvalue weighted by atomic mass is 10.2. The normalized spacial score (nSPS) is 10.3. The number of carbonyl (C=O) groups is 1. The number of carbonyl (C=O) groups excluding carboxylic acids is 1. The highest BCUT2D eigenvalue weighted by Crippen LogP contribution is 2.20. The van der Waals surface area contributed by atoms with Crippen LogP contribution in [0.1, 0.15) is 12.3 Å². The highest BCUT2D eigenvalue weighted by atomic mass is 16.6. The van der Waals surface area contributed by atoms with Gasteiger partial charge in [0.05, 0.1) is 13.3 Å². The average molecular weight is 246 g/mol. The summed E-state index contributed by atoms with van der Waals surface area (Å²) in [4.78, 5) is 19.8. The predicted octanol–water partition coefficient (Wildman–Crippen LogP) is 1.95. The number of amides is 1. The second kappa shape index (κ2) is 5.97. The van der Waals surface area contributed by atoms with Gasteiger partial charge in [0, 0.05) is 18.4 Å². The van der Waals surface area contributed by atoms with E-state index in [1.165, 1.54) is 7.11 Å². The van der Waals surface area contributed by atoms with E-state index < -0.39 is 0 Å². The molecule has 0 saturated carbocycles. The summed E-state index contributed by atoms with van der Waals surface area (Å²) in [7, 11) is 1.40. The van der Waals surface area contributed by atoms with Crippen molar-refractivity contribution in [3.63, 3.8) is 0 Å². The van der Waals surface area contributed by atoms with Crippen LogP contribution in [0.3, 0.4) is 0 Å². The molecule has 0 aliphatic carbocycles. The molecule has 1 amide bonds. The number of hydrogen-bond acceptors (Lipinski definition) is 4. The first kappa shape index (κ1) is 12.3. The number of benzene rings is 1. The number of aryl methyl sites for hydroxylation is 1. The van der Waals surface area contributed by atoms with Crippen molar-refractivity contribution in [2.24, 2.45) is 0 Å². The first-order valence-corrected chi connectivity index (χ1v) is 5.61. The SMILES string of the molecule is CONC(=O)CCc1ncc(-c2ccccc2)o1. The van der Waals surface area contributed by atoms with E-state index in [4.69, 9.17) is 4.42 Å². The number of oxazole rings is 1. The Kier molecular flexibility index (Phi) is 4.09. The van der Waals surface area contributed by atoms with Crippen LogP contribution in [0, 0.1) is 0 Å². The van der Waals surface area contributed by atoms with E-state index in [1.807, 2.05) is 30.3 Å². The van der Waals surface area contributed by atoms with Gasteiger partial charge in [-0.15, -0.1) is 0 Å². The van der Waals surface area contributed by atoms with Gasteiger partial charge in [0.2, 0.25) is 5.91 Å². The van der Waals surface area contributed by atoms with E-state index in [0.29, 0.717) is 18.1 Å². The Morgan fingerprint density at radius 3 is 2.89 bits per heavy atom. The fraction of sp³-hybridized carbons (Fsp3) is 0.231. The molecule has 0 saturated heterocycles. The number of rotatable bonds is 5. The molecular weight excluding hydrogens is 232 g/mol. The summed E-state index contributed by atoms with van der Waals surface area (Å²) < 4.78 is 5.57. The molecule has 0 bridgehead atoms. The molecule has 0 fully saturated rings. The third-order valence-corrected chi connectivity index (χ3v) is 2.39. The van der Waals surface area contributed by atoms with Crippen LogP contribution in [0.5, 0.6) is 0 Å². The maximum absolute atomic E-state index is 11.2. The van der Waals surface area contributed by atoms with Crippen molar-refractivity contribution in [3.8, 4) is 11.3 Å². The molecule has 94 valence electrons. The van der Waals surface area contributed by atoms with Crippen molar-refractivity contribution in [1.82, 2.24) is 10.5 Å². The molecule has 5 heteroatoms. The Labute approximate surface area is 105 Å². The lowest BCUT2D eigenvalue weighted by molar-refractivity contribution is -0.131.